The number of nitrogens with one attached hydrogen (secondary N) is 2. The molecular weight excluding hydrogens is 441 g/mol. The number of aliphatic imine (C=N–C) groups is 1. The highest BCUT2D eigenvalue weighted by molar-refractivity contribution is 14.0. The van der Waals surface area contributed by atoms with Crippen LogP contribution in [0.15, 0.2) is 41.5 Å². The van der Waals surface area contributed by atoms with Crippen LogP contribution in [0.2, 0.25) is 0 Å². The van der Waals surface area contributed by atoms with Gasteiger partial charge in [-0.15, -0.1) is 24.0 Å². The molecule has 1 saturated heterocycles. The second-order valence-corrected chi connectivity index (χ2v) is 6.56. The van der Waals surface area contributed by atoms with Crippen molar-refractivity contribution in [2.24, 2.45) is 4.99 Å². The fraction of sp³-hybridized carbons (Fsp3) is 0.526. The van der Waals surface area contributed by atoms with E-state index in [2.05, 4.69) is 68.7 Å². The van der Waals surface area contributed by atoms with E-state index in [-0.39, 0.29) is 30.1 Å². The molecule has 0 radical (unpaired) electrons. The van der Waals surface area contributed by atoms with E-state index in [1.165, 1.54) is 10.9 Å². The molecule has 1 unspecified atom stereocenters. The van der Waals surface area contributed by atoms with Crippen molar-refractivity contribution >= 4 is 40.8 Å². The van der Waals surface area contributed by atoms with Crippen LogP contribution in [-0.4, -0.2) is 68.4 Å². The van der Waals surface area contributed by atoms with Crippen molar-refractivity contribution in [3.63, 3.8) is 0 Å². The Labute approximate surface area is 173 Å². The minimum Gasteiger partial charge on any atom is -0.374 e. The zero-order valence-corrected chi connectivity index (χ0v) is 18.0. The number of rotatable bonds is 6. The van der Waals surface area contributed by atoms with E-state index in [1.54, 1.807) is 0 Å². The molecule has 1 aliphatic heterocycles. The largest absolute Gasteiger partial charge is 0.374 e. The summed E-state index contributed by atoms with van der Waals surface area (Å²) in [6.45, 7) is 5.44. The lowest BCUT2D eigenvalue weighted by molar-refractivity contribution is -0.0161. The van der Waals surface area contributed by atoms with Crippen molar-refractivity contribution in [3.8, 4) is 0 Å². The number of halogens is 1. The number of likely N-dealkylation sites (N-methyl/N-ethyl adjacent to an activating group) is 1. The van der Waals surface area contributed by atoms with E-state index in [0.717, 1.165) is 51.7 Å². The molecule has 0 saturated carbocycles. The van der Waals surface area contributed by atoms with E-state index in [0.29, 0.717) is 0 Å². The van der Waals surface area contributed by atoms with Gasteiger partial charge in [-0.2, -0.15) is 0 Å². The Hall–Kier alpha value is -1.32. The molecule has 7 heteroatoms. The number of nitrogens with zero attached hydrogens (tertiary/aromatic N) is 3. The first-order chi connectivity index (χ1) is 12.3. The average molecular weight is 471 g/mol. The minimum absolute atomic E-state index is 0. The number of hydrogen-bond donors (Lipinski definition) is 2. The van der Waals surface area contributed by atoms with Gasteiger partial charge in [0.15, 0.2) is 5.96 Å². The van der Waals surface area contributed by atoms with Gasteiger partial charge in [0.2, 0.25) is 0 Å². The Kier molecular flexibility index (Phi) is 8.67. The third-order valence-electron chi connectivity index (χ3n) is 4.61. The van der Waals surface area contributed by atoms with Crippen molar-refractivity contribution in [3.05, 3.63) is 36.5 Å². The standard InChI is InChI=1S/C19H29N5O.HI/c1-20-19(22-14-17-15-23(2)12-13-25-17)21-9-5-10-24-11-8-16-6-3-4-7-18(16)24;/h3-4,6-8,11,17H,5,9-10,12-15H2,1-2H3,(H2,20,21,22);1H. The molecule has 26 heavy (non-hydrogen) atoms. The van der Waals surface area contributed by atoms with Gasteiger partial charge in [0, 0.05) is 51.5 Å². The zero-order chi connectivity index (χ0) is 17.5. The van der Waals surface area contributed by atoms with Gasteiger partial charge >= 0.3 is 0 Å². The molecule has 0 amide bonds. The molecule has 1 fully saturated rings. The maximum absolute atomic E-state index is 5.77. The van der Waals surface area contributed by atoms with Gasteiger partial charge in [0.1, 0.15) is 0 Å². The maximum atomic E-state index is 5.77. The summed E-state index contributed by atoms with van der Waals surface area (Å²) in [5.74, 6) is 0.842. The van der Waals surface area contributed by atoms with E-state index in [4.69, 9.17) is 4.74 Å². The Morgan fingerprint density at radius 2 is 2.12 bits per heavy atom. The molecule has 1 atom stereocenters. The fourth-order valence-electron chi connectivity index (χ4n) is 3.21. The predicted octanol–water partition coefficient (Wildman–Crippen LogP) is 2.15. The number of para-hydroxylation sites is 1. The van der Waals surface area contributed by atoms with E-state index < -0.39 is 0 Å². The lowest BCUT2D eigenvalue weighted by atomic mass is 10.2. The number of aryl methyl sites for hydroxylation is 1. The second-order valence-electron chi connectivity index (χ2n) is 6.56. The van der Waals surface area contributed by atoms with E-state index in [1.807, 2.05) is 7.05 Å². The third kappa shape index (κ3) is 5.85. The van der Waals surface area contributed by atoms with Gasteiger partial charge in [-0.25, -0.2) is 0 Å². The van der Waals surface area contributed by atoms with Gasteiger partial charge in [0.05, 0.1) is 12.7 Å². The average Bonchev–Trinajstić information content (AvgIpc) is 3.04. The molecule has 1 aromatic carbocycles. The Morgan fingerprint density at radius 1 is 1.27 bits per heavy atom. The molecule has 0 aliphatic carbocycles. The topological polar surface area (TPSA) is 53.8 Å². The van der Waals surface area contributed by atoms with E-state index >= 15 is 0 Å². The molecule has 2 heterocycles. The fourth-order valence-corrected chi connectivity index (χ4v) is 3.21. The summed E-state index contributed by atoms with van der Waals surface area (Å²) in [5, 5.41) is 8.05. The molecule has 0 spiro atoms. The van der Waals surface area contributed by atoms with Gasteiger partial charge < -0.3 is 24.8 Å². The second kappa shape index (κ2) is 10.7. The highest BCUT2D eigenvalue weighted by Crippen LogP contribution is 2.15. The maximum Gasteiger partial charge on any atom is 0.191 e. The molecule has 6 nitrogen and oxygen atoms in total. The van der Waals surface area contributed by atoms with Crippen molar-refractivity contribution in [2.75, 3.05) is 46.9 Å². The number of aromatic nitrogens is 1. The van der Waals surface area contributed by atoms with Crippen LogP contribution in [-0.2, 0) is 11.3 Å². The third-order valence-corrected chi connectivity index (χ3v) is 4.61. The van der Waals surface area contributed by atoms with Crippen LogP contribution in [0.3, 0.4) is 0 Å². The Balaban J connectivity index is 0.00000243. The summed E-state index contributed by atoms with van der Waals surface area (Å²) in [6, 6.07) is 10.7. The SMILES string of the molecule is CN=C(NCCCn1ccc2ccccc21)NCC1CN(C)CCO1.I. The minimum atomic E-state index is 0. The molecule has 1 aromatic heterocycles. The first-order valence-corrected chi connectivity index (χ1v) is 9.05. The summed E-state index contributed by atoms with van der Waals surface area (Å²) in [5.41, 5.74) is 1.29. The summed E-state index contributed by atoms with van der Waals surface area (Å²) in [4.78, 5) is 6.59. The molecule has 144 valence electrons. The highest BCUT2D eigenvalue weighted by atomic mass is 127. The molecule has 2 aromatic rings. The van der Waals surface area contributed by atoms with Crippen LogP contribution >= 0.6 is 24.0 Å². The van der Waals surface area contributed by atoms with Crippen LogP contribution in [0, 0.1) is 0 Å². The lowest BCUT2D eigenvalue weighted by Crippen LogP contribution is -2.48. The number of benzene rings is 1. The quantitative estimate of drug-likeness (QED) is 0.294. The van der Waals surface area contributed by atoms with Gasteiger partial charge in [0.25, 0.3) is 0 Å². The normalized spacial score (nSPS) is 18.5. The first kappa shape index (κ1) is 21.0. The monoisotopic (exact) mass is 471 g/mol. The summed E-state index contributed by atoms with van der Waals surface area (Å²) < 4.78 is 8.07. The number of ether oxygens (including phenoxy) is 1. The lowest BCUT2D eigenvalue weighted by Gasteiger charge is -2.30. The van der Waals surface area contributed by atoms with Crippen molar-refractivity contribution in [1.29, 1.82) is 0 Å². The number of hydrogen-bond acceptors (Lipinski definition) is 3. The predicted molar refractivity (Wildman–Crippen MR) is 119 cm³/mol. The van der Waals surface area contributed by atoms with Crippen LogP contribution in [0.5, 0.6) is 0 Å². The Morgan fingerprint density at radius 3 is 2.92 bits per heavy atom. The van der Waals surface area contributed by atoms with Crippen LogP contribution in [0.4, 0.5) is 0 Å². The molecule has 1 aliphatic rings. The zero-order valence-electron chi connectivity index (χ0n) is 15.6. The first-order valence-electron chi connectivity index (χ1n) is 9.05. The van der Waals surface area contributed by atoms with Crippen LogP contribution in [0.25, 0.3) is 10.9 Å². The van der Waals surface area contributed by atoms with E-state index in [9.17, 15) is 0 Å². The van der Waals surface area contributed by atoms with Crippen LogP contribution in [0.1, 0.15) is 6.42 Å². The van der Waals surface area contributed by atoms with Crippen molar-refractivity contribution < 1.29 is 4.74 Å². The summed E-state index contributed by atoms with van der Waals surface area (Å²) in [6.07, 6.45) is 3.43. The number of morpholine rings is 1. The Bertz CT molecular complexity index is 702. The van der Waals surface area contributed by atoms with Crippen molar-refractivity contribution in [1.82, 2.24) is 20.1 Å². The molecule has 2 N–H and O–H groups in total. The van der Waals surface area contributed by atoms with Crippen LogP contribution < -0.4 is 10.6 Å². The van der Waals surface area contributed by atoms with Gasteiger partial charge in [-0.1, -0.05) is 18.2 Å². The molecule has 0 bridgehead atoms. The molecule has 3 rings (SSSR count). The number of guanidine groups is 1. The highest BCUT2D eigenvalue weighted by Gasteiger charge is 2.17. The molecular formula is C19H30IN5O. The van der Waals surface area contributed by atoms with Gasteiger partial charge in [-0.3, -0.25) is 4.99 Å². The van der Waals surface area contributed by atoms with Gasteiger partial charge in [-0.05, 0) is 31.0 Å². The van der Waals surface area contributed by atoms with Crippen molar-refractivity contribution in [2.45, 2.75) is 19.1 Å². The number of fused-ring (bicyclic) bond motifs is 1. The summed E-state index contributed by atoms with van der Waals surface area (Å²) >= 11 is 0. The smallest absolute Gasteiger partial charge is 0.191 e. The summed E-state index contributed by atoms with van der Waals surface area (Å²) in [7, 11) is 3.94.